The van der Waals surface area contributed by atoms with Crippen molar-refractivity contribution in [3.63, 3.8) is 0 Å². The molecule has 9 heavy (non-hydrogen) atoms. The van der Waals surface area contributed by atoms with Crippen LogP contribution in [0.15, 0.2) is 0 Å². The molecule has 2 radical (unpaired) electrons. The standard InChI is InChI=1S/Be.2H2NO3/c;2*2-1(3)4/h;2*(H2,2,3,4)/q;2*+1. The Bertz CT molecular complexity index is 69.1. The van der Waals surface area contributed by atoms with Gasteiger partial charge in [0.25, 0.3) is 0 Å². The Balaban J connectivity index is -0.0000000720. The summed E-state index contributed by atoms with van der Waals surface area (Å²) in [6.07, 6.45) is 0. The van der Waals surface area contributed by atoms with Crippen LogP contribution in [0.4, 0.5) is 0 Å². The number of hydrogen-bond donors (Lipinski definition) is 4. The van der Waals surface area contributed by atoms with Crippen LogP contribution >= 0.6 is 0 Å². The van der Waals surface area contributed by atoms with Gasteiger partial charge in [-0.15, -0.1) is 0 Å². The summed E-state index contributed by atoms with van der Waals surface area (Å²) >= 11 is 0. The van der Waals surface area contributed by atoms with Gasteiger partial charge in [0.05, 0.1) is 0 Å². The SMILES string of the molecule is O=[N+](O)O.O=[N+](O)O.[Be]. The van der Waals surface area contributed by atoms with Crippen molar-refractivity contribution in [3.05, 3.63) is 9.81 Å². The van der Waals surface area contributed by atoms with Crippen LogP contribution in [0.1, 0.15) is 0 Å². The van der Waals surface area contributed by atoms with Crippen LogP contribution < -0.4 is 0 Å². The molecule has 0 atom stereocenters. The Morgan fingerprint density at radius 2 is 0.778 bits per heavy atom. The van der Waals surface area contributed by atoms with Crippen molar-refractivity contribution in [2.75, 3.05) is 0 Å². The van der Waals surface area contributed by atoms with Gasteiger partial charge in [-0.25, -0.2) is 20.8 Å². The van der Waals surface area contributed by atoms with Gasteiger partial charge >= 0.3 is 10.2 Å². The average Bonchev–Trinajstić information content (AvgIpc) is 1.25. The molecule has 0 aliphatic heterocycles. The van der Waals surface area contributed by atoms with E-state index in [9.17, 15) is 0 Å². The fraction of sp³-hybridized carbons (Fsp3) is 0. The smallest absolute Gasteiger partial charge is 0.201 e. The van der Waals surface area contributed by atoms with Crippen LogP contribution in [0.2, 0.25) is 0 Å². The molecule has 4 N–H and O–H groups in total. The van der Waals surface area contributed by atoms with Gasteiger partial charge in [0.1, 0.15) is 9.81 Å². The van der Waals surface area contributed by atoms with Crippen molar-refractivity contribution in [2.45, 2.75) is 0 Å². The summed E-state index contributed by atoms with van der Waals surface area (Å²) in [4.78, 5) is 16.9. The minimum absolute atomic E-state index is 0. The van der Waals surface area contributed by atoms with E-state index in [1.54, 1.807) is 0 Å². The fourth-order valence-corrected chi connectivity index (χ4v) is 0. The van der Waals surface area contributed by atoms with Crippen molar-refractivity contribution in [1.29, 1.82) is 0 Å². The van der Waals surface area contributed by atoms with Gasteiger partial charge in [-0.1, -0.05) is 0 Å². The molecule has 0 aromatic rings. The van der Waals surface area contributed by atoms with Crippen molar-refractivity contribution < 1.29 is 31.0 Å². The van der Waals surface area contributed by atoms with Crippen molar-refractivity contribution in [2.24, 2.45) is 0 Å². The summed E-state index contributed by atoms with van der Waals surface area (Å²) in [7, 11) is 0. The van der Waals surface area contributed by atoms with E-state index in [1.807, 2.05) is 0 Å². The van der Waals surface area contributed by atoms with Crippen LogP contribution in [0.3, 0.4) is 0 Å². The fourth-order valence-electron chi connectivity index (χ4n) is 0. The largest absolute Gasteiger partial charge is 0.472 e. The number of nitrogens with zero attached hydrogens (tertiary/aromatic N) is 2. The molecule has 0 aliphatic rings. The molecule has 0 unspecified atom stereocenters. The monoisotopic (exact) mass is 137 g/mol. The minimum atomic E-state index is -1.25. The predicted octanol–water partition coefficient (Wildman–Crippen LogP) is -1.29. The summed E-state index contributed by atoms with van der Waals surface area (Å²) in [5.74, 6) is 0. The van der Waals surface area contributed by atoms with Gasteiger partial charge in [-0.05, 0) is 0 Å². The van der Waals surface area contributed by atoms with Gasteiger partial charge in [0.15, 0.2) is 0 Å². The Labute approximate surface area is 52.1 Å². The quantitative estimate of drug-likeness (QED) is 0.243. The summed E-state index contributed by atoms with van der Waals surface area (Å²) in [5, 5.41) is 25.1. The zero-order valence-corrected chi connectivity index (χ0v) is 4.21. The van der Waals surface area contributed by atoms with E-state index in [1.165, 1.54) is 0 Å². The van der Waals surface area contributed by atoms with Gasteiger partial charge in [-0.2, -0.15) is 0 Å². The van der Waals surface area contributed by atoms with E-state index < -0.39 is 10.2 Å². The van der Waals surface area contributed by atoms with Gasteiger partial charge in [0.2, 0.25) is 0 Å². The molecule has 0 fully saturated rings. The molecule has 0 rings (SSSR count). The van der Waals surface area contributed by atoms with E-state index >= 15 is 0 Å². The summed E-state index contributed by atoms with van der Waals surface area (Å²) < 4.78 is 0. The third kappa shape index (κ3) is 66.9. The van der Waals surface area contributed by atoms with E-state index in [2.05, 4.69) is 0 Å². The molecule has 0 amide bonds. The second-order valence-corrected chi connectivity index (χ2v) is 0.505. The number of rotatable bonds is 0. The van der Waals surface area contributed by atoms with Gasteiger partial charge in [-0.3, -0.25) is 0 Å². The normalized spacial score (nSPS) is 5.33. The van der Waals surface area contributed by atoms with Crippen LogP contribution in [0.5, 0.6) is 0 Å². The molecule has 0 bridgehead atoms. The van der Waals surface area contributed by atoms with Gasteiger partial charge < -0.3 is 0 Å². The molecule has 0 aromatic carbocycles. The maximum atomic E-state index is 8.47. The molecular weight excluding hydrogens is 133 g/mol. The van der Waals surface area contributed by atoms with Crippen molar-refractivity contribution in [3.8, 4) is 0 Å². The Kier molecular flexibility index (Phi) is 17.0. The Morgan fingerprint density at radius 3 is 0.778 bits per heavy atom. The van der Waals surface area contributed by atoms with Crippen molar-refractivity contribution in [1.82, 2.24) is 0 Å². The molecule has 50 valence electrons. The average molecular weight is 137 g/mol. The van der Waals surface area contributed by atoms with Crippen LogP contribution in [0, 0.1) is 9.81 Å². The molecule has 0 saturated heterocycles. The van der Waals surface area contributed by atoms with Crippen molar-refractivity contribution >= 4 is 10.1 Å². The molecule has 0 saturated carbocycles. The zero-order valence-electron chi connectivity index (χ0n) is 4.21. The molecule has 0 aromatic heterocycles. The first-order chi connectivity index (χ1) is 3.46. The van der Waals surface area contributed by atoms with E-state index in [-0.39, 0.29) is 10.1 Å². The summed E-state index contributed by atoms with van der Waals surface area (Å²) in [5.41, 5.74) is 0. The predicted molar refractivity (Wildman–Crippen MR) is 20.2 cm³/mol. The third-order valence-corrected chi connectivity index (χ3v) is 0. The zero-order chi connectivity index (χ0) is 7.15. The molecule has 8 nitrogen and oxygen atoms in total. The first-order valence-electron chi connectivity index (χ1n) is 1.17. The molecule has 0 aliphatic carbocycles. The van der Waals surface area contributed by atoms with Crippen LogP contribution in [-0.2, 0) is 0 Å². The van der Waals surface area contributed by atoms with E-state index in [0.29, 0.717) is 0 Å². The summed E-state index contributed by atoms with van der Waals surface area (Å²) in [6, 6.07) is 0. The Hall–Kier alpha value is -1.43. The maximum Gasteiger partial charge on any atom is 0.472 e. The first-order valence-corrected chi connectivity index (χ1v) is 1.17. The van der Waals surface area contributed by atoms with Gasteiger partial charge in [0, 0.05) is 10.1 Å². The molecule has 0 spiro atoms. The Morgan fingerprint density at radius 1 is 0.778 bits per heavy atom. The maximum absolute atomic E-state index is 8.47. The van der Waals surface area contributed by atoms with Crippen LogP contribution in [0.25, 0.3) is 0 Å². The third-order valence-electron chi connectivity index (χ3n) is 0. The second-order valence-electron chi connectivity index (χ2n) is 0.505. The molecular formula is H4BeN2O6+2. The minimum Gasteiger partial charge on any atom is -0.201 e. The first kappa shape index (κ1) is 15.6. The van der Waals surface area contributed by atoms with E-state index in [4.69, 9.17) is 30.6 Å². The second kappa shape index (κ2) is 9.76. The topological polar surface area (TPSA) is 121 Å². The van der Waals surface area contributed by atoms with Crippen LogP contribution in [-0.4, -0.2) is 41.1 Å². The summed E-state index contributed by atoms with van der Waals surface area (Å²) in [6.45, 7) is 0. The number of hydrogen-bond acceptors (Lipinski definition) is 2. The molecule has 9 heteroatoms. The van der Waals surface area contributed by atoms with E-state index in [0.717, 1.165) is 0 Å². The molecule has 0 heterocycles.